The van der Waals surface area contributed by atoms with Gasteiger partial charge in [0.15, 0.2) is 17.5 Å². The van der Waals surface area contributed by atoms with Crippen molar-refractivity contribution >= 4 is 0 Å². The van der Waals surface area contributed by atoms with Gasteiger partial charge in [-0.1, -0.05) is 37.3 Å². The number of hydrogen-bond acceptors (Lipinski definition) is 0. The Bertz CT molecular complexity index is 998. The smallest absolute Gasteiger partial charge is 0.194 e. The molecule has 0 radical (unpaired) electrons. The number of benzene rings is 3. The van der Waals surface area contributed by atoms with Crippen molar-refractivity contribution in [2.24, 2.45) is 0 Å². The lowest BCUT2D eigenvalue weighted by molar-refractivity contribution is 0.447. The summed E-state index contributed by atoms with van der Waals surface area (Å²) in [6, 6.07) is 11.1. The van der Waals surface area contributed by atoms with E-state index in [1.165, 1.54) is 17.2 Å². The molecule has 0 heterocycles. The maximum Gasteiger partial charge on any atom is 0.194 e. The fourth-order valence-electron chi connectivity index (χ4n) is 3.65. The van der Waals surface area contributed by atoms with Gasteiger partial charge in [-0.2, -0.15) is 0 Å². The lowest BCUT2D eigenvalue weighted by Gasteiger charge is -2.22. The van der Waals surface area contributed by atoms with Crippen LogP contribution in [0.4, 0.5) is 17.6 Å². The average Bonchev–Trinajstić information content (AvgIpc) is 2.65. The van der Waals surface area contributed by atoms with Gasteiger partial charge in [-0.3, -0.25) is 0 Å². The zero-order valence-electron chi connectivity index (χ0n) is 14.2. The molecule has 3 aromatic carbocycles. The summed E-state index contributed by atoms with van der Waals surface area (Å²) >= 11 is 0. The SMILES string of the molecule is CCc1ccc2c(c1)CCc1c-2ccc(-c2cc(F)c(F)c(F)c2)c1F. The van der Waals surface area contributed by atoms with E-state index in [2.05, 4.69) is 13.0 Å². The highest BCUT2D eigenvalue weighted by molar-refractivity contribution is 5.78. The van der Waals surface area contributed by atoms with Crippen molar-refractivity contribution in [3.8, 4) is 22.3 Å². The molecule has 0 N–H and O–H groups in total. The third kappa shape index (κ3) is 2.61. The topological polar surface area (TPSA) is 0 Å². The van der Waals surface area contributed by atoms with Crippen LogP contribution in [0.15, 0.2) is 42.5 Å². The lowest BCUT2D eigenvalue weighted by atomic mass is 9.83. The molecule has 0 bridgehead atoms. The molecule has 0 fully saturated rings. The van der Waals surface area contributed by atoms with E-state index in [0.29, 0.717) is 18.4 Å². The number of halogens is 4. The Balaban J connectivity index is 1.86. The molecule has 26 heavy (non-hydrogen) atoms. The van der Waals surface area contributed by atoms with Crippen molar-refractivity contribution < 1.29 is 17.6 Å². The Morgan fingerprint density at radius 3 is 2.08 bits per heavy atom. The quantitative estimate of drug-likeness (QED) is 0.377. The monoisotopic (exact) mass is 356 g/mol. The van der Waals surface area contributed by atoms with E-state index < -0.39 is 23.3 Å². The predicted octanol–water partition coefficient (Wildman–Crippen LogP) is 6.24. The molecular formula is C22H16F4. The molecule has 0 nitrogen and oxygen atoms in total. The molecule has 0 aliphatic heterocycles. The van der Waals surface area contributed by atoms with Crippen LogP contribution in [0.5, 0.6) is 0 Å². The van der Waals surface area contributed by atoms with Crippen molar-refractivity contribution in [2.75, 3.05) is 0 Å². The van der Waals surface area contributed by atoms with Gasteiger partial charge in [0.05, 0.1) is 0 Å². The Hall–Kier alpha value is -2.62. The molecule has 0 unspecified atom stereocenters. The van der Waals surface area contributed by atoms with E-state index in [0.717, 1.165) is 29.7 Å². The summed E-state index contributed by atoms with van der Waals surface area (Å²) in [6.45, 7) is 2.09. The van der Waals surface area contributed by atoms with Gasteiger partial charge in [0, 0.05) is 5.56 Å². The first-order valence-corrected chi connectivity index (χ1v) is 8.58. The summed E-state index contributed by atoms with van der Waals surface area (Å²) in [7, 11) is 0. The van der Waals surface area contributed by atoms with Gasteiger partial charge >= 0.3 is 0 Å². The van der Waals surface area contributed by atoms with Gasteiger partial charge in [-0.05, 0) is 64.8 Å². The third-order valence-corrected chi connectivity index (χ3v) is 5.05. The first-order chi connectivity index (χ1) is 12.5. The van der Waals surface area contributed by atoms with Gasteiger partial charge in [0.2, 0.25) is 0 Å². The molecule has 0 aromatic heterocycles. The highest BCUT2D eigenvalue weighted by Crippen LogP contribution is 2.39. The van der Waals surface area contributed by atoms with Gasteiger partial charge < -0.3 is 0 Å². The summed E-state index contributed by atoms with van der Waals surface area (Å²) < 4.78 is 55.3. The molecular weight excluding hydrogens is 340 g/mol. The van der Waals surface area contributed by atoms with E-state index in [9.17, 15) is 13.2 Å². The molecule has 1 aliphatic rings. The summed E-state index contributed by atoms with van der Waals surface area (Å²) in [5.74, 6) is -4.70. The number of rotatable bonds is 2. The van der Waals surface area contributed by atoms with Gasteiger partial charge in [-0.15, -0.1) is 0 Å². The largest absolute Gasteiger partial charge is 0.206 e. The van der Waals surface area contributed by atoms with Gasteiger partial charge in [0.25, 0.3) is 0 Å². The van der Waals surface area contributed by atoms with E-state index in [4.69, 9.17) is 0 Å². The lowest BCUT2D eigenvalue weighted by Crippen LogP contribution is -2.08. The normalized spacial score (nSPS) is 12.7. The molecule has 0 saturated carbocycles. The van der Waals surface area contributed by atoms with Crippen LogP contribution in [0.25, 0.3) is 22.3 Å². The first kappa shape index (κ1) is 16.8. The van der Waals surface area contributed by atoms with Crippen LogP contribution >= 0.6 is 0 Å². The van der Waals surface area contributed by atoms with Crippen LogP contribution in [0.3, 0.4) is 0 Å². The van der Waals surface area contributed by atoms with Crippen LogP contribution in [0, 0.1) is 23.3 Å². The second-order valence-corrected chi connectivity index (χ2v) is 6.55. The fourth-order valence-corrected chi connectivity index (χ4v) is 3.65. The van der Waals surface area contributed by atoms with Crippen molar-refractivity contribution in [1.29, 1.82) is 0 Å². The summed E-state index contributed by atoms with van der Waals surface area (Å²) in [6.07, 6.45) is 2.17. The van der Waals surface area contributed by atoms with E-state index in [1.807, 2.05) is 12.1 Å². The van der Waals surface area contributed by atoms with Gasteiger partial charge in [-0.25, -0.2) is 17.6 Å². The molecule has 4 heteroatoms. The fraction of sp³-hybridized carbons (Fsp3) is 0.182. The average molecular weight is 356 g/mol. The minimum atomic E-state index is -1.55. The molecule has 0 atom stereocenters. The highest BCUT2D eigenvalue weighted by Gasteiger charge is 2.23. The number of aryl methyl sites for hydroxylation is 2. The van der Waals surface area contributed by atoms with E-state index in [-0.39, 0.29) is 11.1 Å². The van der Waals surface area contributed by atoms with Crippen LogP contribution < -0.4 is 0 Å². The van der Waals surface area contributed by atoms with Crippen molar-refractivity contribution in [3.63, 3.8) is 0 Å². The zero-order chi connectivity index (χ0) is 18.4. The minimum Gasteiger partial charge on any atom is -0.206 e. The van der Waals surface area contributed by atoms with Crippen LogP contribution in [0.2, 0.25) is 0 Å². The minimum absolute atomic E-state index is 0.00571. The first-order valence-electron chi connectivity index (χ1n) is 8.58. The predicted molar refractivity (Wildman–Crippen MR) is 93.9 cm³/mol. The molecule has 0 amide bonds. The summed E-state index contributed by atoms with van der Waals surface area (Å²) in [5, 5.41) is 0. The van der Waals surface area contributed by atoms with Gasteiger partial charge in [0.1, 0.15) is 5.82 Å². The molecule has 0 spiro atoms. The van der Waals surface area contributed by atoms with Crippen LogP contribution in [-0.2, 0) is 19.3 Å². The Labute approximate surface area is 149 Å². The number of hydrogen-bond donors (Lipinski definition) is 0. The van der Waals surface area contributed by atoms with Crippen molar-refractivity contribution in [3.05, 3.63) is 82.4 Å². The Morgan fingerprint density at radius 2 is 1.38 bits per heavy atom. The van der Waals surface area contributed by atoms with E-state index in [1.54, 1.807) is 6.07 Å². The maximum absolute atomic E-state index is 15.1. The van der Waals surface area contributed by atoms with Crippen LogP contribution in [0.1, 0.15) is 23.6 Å². The van der Waals surface area contributed by atoms with Crippen molar-refractivity contribution in [1.82, 2.24) is 0 Å². The summed E-state index contributed by atoms with van der Waals surface area (Å²) in [5.41, 5.74) is 4.82. The molecule has 132 valence electrons. The number of fused-ring (bicyclic) bond motifs is 3. The van der Waals surface area contributed by atoms with Crippen molar-refractivity contribution in [2.45, 2.75) is 26.2 Å². The highest BCUT2D eigenvalue weighted by atomic mass is 19.2. The molecule has 4 rings (SSSR count). The second kappa shape index (κ2) is 6.27. The standard InChI is InChI=1S/C22H16F4/c1-2-12-3-5-15-13(9-12)4-6-18-17(15)8-7-16(21(18)25)14-10-19(23)22(26)20(24)11-14/h3,5,7-11H,2,4,6H2,1H3. The summed E-state index contributed by atoms with van der Waals surface area (Å²) in [4.78, 5) is 0. The Kier molecular flexibility index (Phi) is 4.06. The zero-order valence-corrected chi connectivity index (χ0v) is 14.2. The van der Waals surface area contributed by atoms with Crippen LogP contribution in [-0.4, -0.2) is 0 Å². The molecule has 0 saturated heterocycles. The molecule has 1 aliphatic carbocycles. The third-order valence-electron chi connectivity index (χ3n) is 5.05. The van der Waals surface area contributed by atoms with E-state index >= 15 is 4.39 Å². The second-order valence-electron chi connectivity index (χ2n) is 6.55. The maximum atomic E-state index is 15.1. The molecule has 3 aromatic rings. The Morgan fingerprint density at radius 1 is 0.731 bits per heavy atom.